The van der Waals surface area contributed by atoms with Crippen molar-refractivity contribution in [1.82, 2.24) is 20.9 Å². The Morgan fingerprint density at radius 1 is 1.18 bits per heavy atom. The van der Waals surface area contributed by atoms with Crippen LogP contribution in [0.1, 0.15) is 49.4 Å². The molecule has 2 amide bonds. The van der Waals surface area contributed by atoms with Crippen molar-refractivity contribution in [3.63, 3.8) is 0 Å². The lowest BCUT2D eigenvalue weighted by molar-refractivity contribution is -0.133. The second-order valence-corrected chi connectivity index (χ2v) is 10.9. The maximum absolute atomic E-state index is 12.7. The van der Waals surface area contributed by atoms with Crippen LogP contribution in [0.25, 0.3) is 0 Å². The van der Waals surface area contributed by atoms with Crippen molar-refractivity contribution in [2.45, 2.75) is 51.1 Å². The molecule has 3 heterocycles. The first kappa shape index (κ1) is 23.9. The number of piperidine rings is 2. The van der Waals surface area contributed by atoms with Gasteiger partial charge in [0.25, 0.3) is 5.91 Å². The summed E-state index contributed by atoms with van der Waals surface area (Å²) >= 11 is 6.41. The lowest BCUT2D eigenvalue weighted by Gasteiger charge is -2.50. The number of carbonyl (C=O) groups excluding carboxylic acids is 2. The second kappa shape index (κ2) is 10.4. The Balaban J connectivity index is 1.12. The highest BCUT2D eigenvalue weighted by molar-refractivity contribution is 6.34. The molecule has 34 heavy (non-hydrogen) atoms. The first-order valence-corrected chi connectivity index (χ1v) is 13.5. The number of nitrogens with zero attached hydrogens (tertiary/aromatic N) is 2. The van der Waals surface area contributed by atoms with Crippen LogP contribution in [0.5, 0.6) is 0 Å². The van der Waals surface area contributed by atoms with Gasteiger partial charge in [0.2, 0.25) is 5.91 Å². The van der Waals surface area contributed by atoms with E-state index in [9.17, 15) is 9.59 Å². The number of nitrogens with one attached hydrogen (secondary N) is 3. The molecule has 3 aliphatic heterocycles. The van der Waals surface area contributed by atoms with Crippen molar-refractivity contribution >= 4 is 29.1 Å². The molecule has 1 aromatic rings. The number of anilines is 1. The summed E-state index contributed by atoms with van der Waals surface area (Å²) in [5.41, 5.74) is 1.61. The number of carbonyl (C=O) groups is 2. The van der Waals surface area contributed by atoms with E-state index in [1.165, 1.54) is 12.8 Å². The number of fused-ring (bicyclic) bond motifs is 3. The Morgan fingerprint density at radius 2 is 2.00 bits per heavy atom. The Bertz CT molecular complexity index is 903. The number of benzene rings is 1. The highest BCUT2D eigenvalue weighted by Gasteiger charge is 2.47. The fourth-order valence-electron chi connectivity index (χ4n) is 6.68. The quantitative estimate of drug-likeness (QED) is 0.595. The molecule has 3 N–H and O–H groups in total. The molecule has 4 aliphatic rings. The smallest absolute Gasteiger partial charge is 0.252 e. The van der Waals surface area contributed by atoms with Gasteiger partial charge in [-0.25, -0.2) is 0 Å². The molecule has 7 nitrogen and oxygen atoms in total. The maximum atomic E-state index is 12.7. The molecule has 5 unspecified atom stereocenters. The fourth-order valence-corrected chi connectivity index (χ4v) is 6.94. The number of halogens is 1. The molecule has 0 spiro atoms. The first-order valence-electron chi connectivity index (χ1n) is 13.1. The molecule has 1 aromatic carbocycles. The molecule has 0 aromatic heterocycles. The average molecular weight is 488 g/mol. The van der Waals surface area contributed by atoms with Gasteiger partial charge in [-0.15, -0.1) is 0 Å². The SMILES string of the molecule is CCNC(=O)c1ccc(N2CCN(CC3CCC4C(C3)NC(=O)C3CCCNC34)CC2)cc1Cl. The molecular formula is C26H38ClN5O2. The molecule has 8 heteroatoms. The normalized spacial score (nSPS) is 31.9. The summed E-state index contributed by atoms with van der Waals surface area (Å²) < 4.78 is 0. The predicted octanol–water partition coefficient (Wildman–Crippen LogP) is 2.49. The second-order valence-electron chi connectivity index (χ2n) is 10.5. The minimum absolute atomic E-state index is 0.123. The van der Waals surface area contributed by atoms with Gasteiger partial charge in [0.1, 0.15) is 0 Å². The third-order valence-electron chi connectivity index (χ3n) is 8.43. The molecule has 5 atom stereocenters. The average Bonchev–Trinajstić information content (AvgIpc) is 2.84. The zero-order valence-corrected chi connectivity index (χ0v) is 20.9. The molecule has 186 valence electrons. The van der Waals surface area contributed by atoms with Gasteiger partial charge in [0.05, 0.1) is 16.5 Å². The van der Waals surface area contributed by atoms with Crippen LogP contribution in [-0.4, -0.2) is 74.6 Å². The maximum Gasteiger partial charge on any atom is 0.252 e. The van der Waals surface area contributed by atoms with Crippen LogP contribution in [0.4, 0.5) is 5.69 Å². The highest BCUT2D eigenvalue weighted by atomic mass is 35.5. The van der Waals surface area contributed by atoms with Gasteiger partial charge >= 0.3 is 0 Å². The van der Waals surface area contributed by atoms with Crippen LogP contribution >= 0.6 is 11.6 Å². The fraction of sp³-hybridized carbons (Fsp3) is 0.692. The molecule has 4 fully saturated rings. The van der Waals surface area contributed by atoms with Gasteiger partial charge in [-0.05, 0) is 75.6 Å². The zero-order chi connectivity index (χ0) is 23.7. The Hall–Kier alpha value is -1.83. The number of piperazine rings is 1. The van der Waals surface area contributed by atoms with E-state index in [1.54, 1.807) is 0 Å². The molecule has 1 saturated carbocycles. The number of rotatable bonds is 5. The minimum atomic E-state index is -0.123. The Morgan fingerprint density at radius 3 is 2.76 bits per heavy atom. The minimum Gasteiger partial charge on any atom is -0.369 e. The molecule has 1 aliphatic carbocycles. The van der Waals surface area contributed by atoms with E-state index in [4.69, 9.17) is 11.6 Å². The summed E-state index contributed by atoms with van der Waals surface area (Å²) in [5, 5.41) is 10.4. The van der Waals surface area contributed by atoms with E-state index in [0.717, 1.165) is 64.2 Å². The van der Waals surface area contributed by atoms with Gasteiger partial charge in [0, 0.05) is 57.0 Å². The van der Waals surface area contributed by atoms with Crippen LogP contribution in [0, 0.1) is 17.8 Å². The highest BCUT2D eigenvalue weighted by Crippen LogP contribution is 2.39. The summed E-state index contributed by atoms with van der Waals surface area (Å²) in [4.78, 5) is 29.7. The van der Waals surface area contributed by atoms with Crippen molar-refractivity contribution in [3.05, 3.63) is 28.8 Å². The third-order valence-corrected chi connectivity index (χ3v) is 8.74. The standard InChI is InChI=1S/C26H38ClN5O2/c1-2-28-25(33)19-8-6-18(15-22(19)27)32-12-10-31(11-13-32)16-17-5-7-20-23(14-17)30-26(34)21-4-3-9-29-24(20)21/h6,8,15,17,20-21,23-24,29H,2-5,7,9-14,16H2,1H3,(H,28,33)(H,30,34). The predicted molar refractivity (Wildman–Crippen MR) is 135 cm³/mol. The topological polar surface area (TPSA) is 76.7 Å². The molecule has 3 saturated heterocycles. The van der Waals surface area contributed by atoms with Gasteiger partial charge < -0.3 is 20.9 Å². The van der Waals surface area contributed by atoms with E-state index in [2.05, 4.69) is 25.8 Å². The lowest BCUT2D eigenvalue weighted by Crippen LogP contribution is -2.64. The molecule has 5 rings (SSSR count). The molecule has 0 bridgehead atoms. The van der Waals surface area contributed by atoms with Crippen molar-refractivity contribution in [2.24, 2.45) is 17.8 Å². The van der Waals surface area contributed by atoms with Gasteiger partial charge in [0.15, 0.2) is 0 Å². The molecule has 0 radical (unpaired) electrons. The summed E-state index contributed by atoms with van der Waals surface area (Å²) in [6.45, 7) is 8.64. The summed E-state index contributed by atoms with van der Waals surface area (Å²) in [5.74, 6) is 1.60. The van der Waals surface area contributed by atoms with E-state index in [0.29, 0.717) is 41.1 Å². The van der Waals surface area contributed by atoms with E-state index in [-0.39, 0.29) is 17.7 Å². The Kier molecular flexibility index (Phi) is 7.32. The van der Waals surface area contributed by atoms with Gasteiger partial charge in [-0.2, -0.15) is 0 Å². The van der Waals surface area contributed by atoms with Gasteiger partial charge in [-0.3, -0.25) is 14.5 Å². The van der Waals surface area contributed by atoms with Crippen molar-refractivity contribution < 1.29 is 9.59 Å². The van der Waals surface area contributed by atoms with Crippen LogP contribution in [0.15, 0.2) is 18.2 Å². The zero-order valence-electron chi connectivity index (χ0n) is 20.2. The van der Waals surface area contributed by atoms with Crippen LogP contribution < -0.4 is 20.9 Å². The molecular weight excluding hydrogens is 450 g/mol. The largest absolute Gasteiger partial charge is 0.369 e. The van der Waals surface area contributed by atoms with E-state index in [1.807, 2.05) is 25.1 Å². The summed E-state index contributed by atoms with van der Waals surface area (Å²) in [6, 6.07) is 6.48. The van der Waals surface area contributed by atoms with Crippen molar-refractivity contribution in [2.75, 3.05) is 50.7 Å². The van der Waals surface area contributed by atoms with Crippen molar-refractivity contribution in [3.8, 4) is 0 Å². The van der Waals surface area contributed by atoms with Crippen LogP contribution in [-0.2, 0) is 4.79 Å². The monoisotopic (exact) mass is 487 g/mol. The van der Waals surface area contributed by atoms with Gasteiger partial charge in [-0.1, -0.05) is 11.6 Å². The van der Waals surface area contributed by atoms with E-state index < -0.39 is 0 Å². The first-order chi connectivity index (χ1) is 16.5. The lowest BCUT2D eigenvalue weighted by atomic mass is 9.67. The van der Waals surface area contributed by atoms with Crippen molar-refractivity contribution in [1.29, 1.82) is 0 Å². The van der Waals surface area contributed by atoms with Crippen LogP contribution in [0.2, 0.25) is 5.02 Å². The Labute approximate surface area is 208 Å². The third kappa shape index (κ3) is 4.93. The summed E-state index contributed by atoms with van der Waals surface area (Å²) in [6.07, 6.45) is 5.75. The van der Waals surface area contributed by atoms with E-state index >= 15 is 0 Å². The number of hydrogen-bond donors (Lipinski definition) is 3. The van der Waals surface area contributed by atoms with Crippen LogP contribution in [0.3, 0.4) is 0 Å². The summed E-state index contributed by atoms with van der Waals surface area (Å²) in [7, 11) is 0. The number of amides is 2. The number of hydrogen-bond acceptors (Lipinski definition) is 5.